The zero-order valence-corrected chi connectivity index (χ0v) is 9.39. The van der Waals surface area contributed by atoms with Gasteiger partial charge >= 0.3 is 0 Å². The smallest absolute Gasteiger partial charge is 0.0577 e. The lowest BCUT2D eigenvalue weighted by molar-refractivity contribution is 0.109. The SMILES string of the molecule is CC(CN)C(O)CCCc1ccccc1. The van der Waals surface area contributed by atoms with Gasteiger partial charge in [0.15, 0.2) is 0 Å². The Morgan fingerprint density at radius 1 is 1.27 bits per heavy atom. The first-order chi connectivity index (χ1) is 7.24. The molecule has 0 heterocycles. The molecule has 1 aromatic carbocycles. The molecule has 1 aromatic rings. The highest BCUT2D eigenvalue weighted by Crippen LogP contribution is 2.11. The molecule has 0 fully saturated rings. The Labute approximate surface area is 92.1 Å². The number of rotatable bonds is 6. The lowest BCUT2D eigenvalue weighted by atomic mass is 9.98. The van der Waals surface area contributed by atoms with Crippen LogP contribution >= 0.6 is 0 Å². The van der Waals surface area contributed by atoms with Gasteiger partial charge in [0.25, 0.3) is 0 Å². The van der Waals surface area contributed by atoms with Crippen molar-refractivity contribution in [1.82, 2.24) is 0 Å². The summed E-state index contributed by atoms with van der Waals surface area (Å²) in [4.78, 5) is 0. The lowest BCUT2D eigenvalue weighted by Gasteiger charge is -2.16. The van der Waals surface area contributed by atoms with Crippen LogP contribution in [0.15, 0.2) is 30.3 Å². The Morgan fingerprint density at radius 3 is 2.53 bits per heavy atom. The molecule has 0 aromatic heterocycles. The topological polar surface area (TPSA) is 46.2 Å². The third-order valence-corrected chi connectivity index (χ3v) is 2.84. The van der Waals surface area contributed by atoms with Crippen LogP contribution in [0.3, 0.4) is 0 Å². The van der Waals surface area contributed by atoms with Gasteiger partial charge in [-0.05, 0) is 37.3 Å². The molecule has 0 radical (unpaired) electrons. The van der Waals surface area contributed by atoms with E-state index in [-0.39, 0.29) is 12.0 Å². The number of hydrogen-bond acceptors (Lipinski definition) is 2. The van der Waals surface area contributed by atoms with Crippen LogP contribution in [0.1, 0.15) is 25.3 Å². The molecule has 2 atom stereocenters. The van der Waals surface area contributed by atoms with Crippen LogP contribution in [-0.4, -0.2) is 17.8 Å². The van der Waals surface area contributed by atoms with Crippen LogP contribution in [-0.2, 0) is 6.42 Å². The molecule has 2 nitrogen and oxygen atoms in total. The maximum absolute atomic E-state index is 9.72. The number of aliphatic hydroxyl groups excluding tert-OH is 1. The van der Waals surface area contributed by atoms with E-state index in [1.54, 1.807) is 0 Å². The standard InChI is InChI=1S/C13H21NO/c1-11(10-14)13(15)9-5-8-12-6-3-2-4-7-12/h2-4,6-7,11,13,15H,5,8-10,14H2,1H3. The molecule has 84 valence electrons. The molecule has 0 aliphatic rings. The van der Waals surface area contributed by atoms with Crippen LogP contribution in [0.25, 0.3) is 0 Å². The minimum absolute atomic E-state index is 0.209. The van der Waals surface area contributed by atoms with E-state index in [4.69, 9.17) is 5.73 Å². The maximum Gasteiger partial charge on any atom is 0.0577 e. The fraction of sp³-hybridized carbons (Fsp3) is 0.538. The lowest BCUT2D eigenvalue weighted by Crippen LogP contribution is -2.25. The van der Waals surface area contributed by atoms with E-state index in [0.29, 0.717) is 6.54 Å². The van der Waals surface area contributed by atoms with Gasteiger partial charge < -0.3 is 10.8 Å². The van der Waals surface area contributed by atoms with Crippen molar-refractivity contribution in [3.8, 4) is 0 Å². The van der Waals surface area contributed by atoms with Crippen molar-refractivity contribution in [2.45, 2.75) is 32.3 Å². The summed E-state index contributed by atoms with van der Waals surface area (Å²) < 4.78 is 0. The molecule has 2 unspecified atom stereocenters. The Balaban J connectivity index is 2.22. The van der Waals surface area contributed by atoms with E-state index in [1.165, 1.54) is 5.56 Å². The fourth-order valence-corrected chi connectivity index (χ4v) is 1.60. The molecule has 0 aliphatic carbocycles. The highest BCUT2D eigenvalue weighted by atomic mass is 16.3. The molecule has 0 saturated heterocycles. The average molecular weight is 207 g/mol. The van der Waals surface area contributed by atoms with E-state index in [2.05, 4.69) is 12.1 Å². The summed E-state index contributed by atoms with van der Waals surface area (Å²) in [6.45, 7) is 2.56. The Morgan fingerprint density at radius 2 is 1.93 bits per heavy atom. The van der Waals surface area contributed by atoms with Gasteiger partial charge in [0.05, 0.1) is 6.10 Å². The summed E-state index contributed by atoms with van der Waals surface area (Å²) in [5.74, 6) is 0.209. The van der Waals surface area contributed by atoms with Crippen molar-refractivity contribution in [1.29, 1.82) is 0 Å². The maximum atomic E-state index is 9.72. The number of aliphatic hydroxyl groups is 1. The summed E-state index contributed by atoms with van der Waals surface area (Å²) in [6, 6.07) is 10.4. The van der Waals surface area contributed by atoms with E-state index in [0.717, 1.165) is 19.3 Å². The van der Waals surface area contributed by atoms with Crippen molar-refractivity contribution >= 4 is 0 Å². The minimum atomic E-state index is -0.251. The predicted molar refractivity (Wildman–Crippen MR) is 63.6 cm³/mol. The number of aryl methyl sites for hydroxylation is 1. The molecule has 0 amide bonds. The van der Waals surface area contributed by atoms with Crippen molar-refractivity contribution in [2.24, 2.45) is 11.7 Å². The third kappa shape index (κ3) is 4.45. The highest BCUT2D eigenvalue weighted by Gasteiger charge is 2.11. The zero-order chi connectivity index (χ0) is 11.1. The van der Waals surface area contributed by atoms with Gasteiger partial charge in [-0.3, -0.25) is 0 Å². The first-order valence-electron chi connectivity index (χ1n) is 5.66. The number of benzene rings is 1. The normalized spacial score (nSPS) is 14.9. The van der Waals surface area contributed by atoms with Gasteiger partial charge in [0.1, 0.15) is 0 Å². The predicted octanol–water partition coefficient (Wildman–Crippen LogP) is 1.96. The van der Waals surface area contributed by atoms with Crippen molar-refractivity contribution in [2.75, 3.05) is 6.54 Å². The summed E-state index contributed by atoms with van der Waals surface area (Å²) >= 11 is 0. The van der Waals surface area contributed by atoms with Crippen LogP contribution in [0.5, 0.6) is 0 Å². The number of nitrogens with two attached hydrogens (primary N) is 1. The molecule has 1 rings (SSSR count). The monoisotopic (exact) mass is 207 g/mol. The van der Waals surface area contributed by atoms with Crippen LogP contribution in [0.2, 0.25) is 0 Å². The van der Waals surface area contributed by atoms with Gasteiger partial charge in [-0.2, -0.15) is 0 Å². The molecule has 0 bridgehead atoms. The highest BCUT2D eigenvalue weighted by molar-refractivity contribution is 5.14. The van der Waals surface area contributed by atoms with Gasteiger partial charge in [-0.15, -0.1) is 0 Å². The van der Waals surface area contributed by atoms with Gasteiger partial charge in [0, 0.05) is 0 Å². The van der Waals surface area contributed by atoms with Gasteiger partial charge in [0.2, 0.25) is 0 Å². The molecule has 2 heteroatoms. The summed E-state index contributed by atoms with van der Waals surface area (Å²) in [7, 11) is 0. The average Bonchev–Trinajstić information content (AvgIpc) is 2.29. The molecule has 3 N–H and O–H groups in total. The number of hydrogen-bond donors (Lipinski definition) is 2. The minimum Gasteiger partial charge on any atom is -0.393 e. The molecule has 0 aliphatic heterocycles. The van der Waals surface area contributed by atoms with E-state index in [1.807, 2.05) is 25.1 Å². The van der Waals surface area contributed by atoms with E-state index < -0.39 is 0 Å². The van der Waals surface area contributed by atoms with E-state index in [9.17, 15) is 5.11 Å². The summed E-state index contributed by atoms with van der Waals surface area (Å²) in [5.41, 5.74) is 6.83. The van der Waals surface area contributed by atoms with Crippen molar-refractivity contribution in [3.05, 3.63) is 35.9 Å². The van der Waals surface area contributed by atoms with Crippen molar-refractivity contribution in [3.63, 3.8) is 0 Å². The van der Waals surface area contributed by atoms with Crippen LogP contribution in [0.4, 0.5) is 0 Å². The molecule has 0 spiro atoms. The van der Waals surface area contributed by atoms with E-state index >= 15 is 0 Å². The Hall–Kier alpha value is -0.860. The van der Waals surface area contributed by atoms with Crippen LogP contribution in [0, 0.1) is 5.92 Å². The third-order valence-electron chi connectivity index (χ3n) is 2.84. The Bertz CT molecular complexity index is 260. The van der Waals surface area contributed by atoms with Gasteiger partial charge in [-0.25, -0.2) is 0 Å². The fourth-order valence-electron chi connectivity index (χ4n) is 1.60. The first kappa shape index (κ1) is 12.2. The molecular weight excluding hydrogens is 186 g/mol. The first-order valence-corrected chi connectivity index (χ1v) is 5.66. The van der Waals surface area contributed by atoms with Gasteiger partial charge in [-0.1, -0.05) is 37.3 Å². The van der Waals surface area contributed by atoms with Crippen molar-refractivity contribution < 1.29 is 5.11 Å². The largest absolute Gasteiger partial charge is 0.393 e. The zero-order valence-electron chi connectivity index (χ0n) is 9.39. The second-order valence-electron chi connectivity index (χ2n) is 4.16. The summed E-state index contributed by atoms with van der Waals surface area (Å²) in [5, 5.41) is 9.72. The second kappa shape index (κ2) is 6.59. The molecular formula is C13H21NO. The Kier molecular flexibility index (Phi) is 5.37. The summed E-state index contributed by atoms with van der Waals surface area (Å²) in [6.07, 6.45) is 2.65. The quantitative estimate of drug-likeness (QED) is 0.749. The second-order valence-corrected chi connectivity index (χ2v) is 4.16. The molecule has 0 saturated carbocycles. The van der Waals surface area contributed by atoms with Crippen LogP contribution < -0.4 is 5.73 Å². The molecule has 15 heavy (non-hydrogen) atoms.